The lowest BCUT2D eigenvalue weighted by Gasteiger charge is -2.14. The number of benzene rings is 2. The molecule has 0 radical (unpaired) electrons. The van der Waals surface area contributed by atoms with E-state index in [0.717, 1.165) is 23.4 Å². The van der Waals surface area contributed by atoms with E-state index in [-0.39, 0.29) is 5.56 Å². The summed E-state index contributed by atoms with van der Waals surface area (Å²) in [6.45, 7) is 6.88. The quantitative estimate of drug-likeness (QED) is 0.423. The number of halogens is 4. The number of carbonyl (C=O) groups excluding carboxylic acids is 1. The first-order valence-corrected chi connectivity index (χ1v) is 10.5. The van der Waals surface area contributed by atoms with Crippen molar-refractivity contribution in [3.63, 3.8) is 0 Å². The number of alkyl halides is 3. The van der Waals surface area contributed by atoms with Gasteiger partial charge in [0.2, 0.25) is 0 Å². The highest BCUT2D eigenvalue weighted by atomic mass is 35.5. The zero-order valence-corrected chi connectivity index (χ0v) is 19.0. The summed E-state index contributed by atoms with van der Waals surface area (Å²) in [5.74, 6) is 0.448. The van der Waals surface area contributed by atoms with Crippen LogP contribution in [0.4, 0.5) is 19.0 Å². The number of ether oxygens (including phenoxy) is 2. The van der Waals surface area contributed by atoms with Crippen molar-refractivity contribution in [1.29, 1.82) is 0 Å². The summed E-state index contributed by atoms with van der Waals surface area (Å²) in [6, 6.07) is 11.7. The summed E-state index contributed by atoms with van der Waals surface area (Å²) in [5.41, 5.74) is 1.79. The average molecular weight is 482 g/mol. The van der Waals surface area contributed by atoms with Gasteiger partial charge < -0.3 is 14.8 Å². The van der Waals surface area contributed by atoms with Gasteiger partial charge in [-0.1, -0.05) is 25.4 Å². The lowest BCUT2D eigenvalue weighted by atomic mass is 10.2. The van der Waals surface area contributed by atoms with Crippen molar-refractivity contribution in [1.82, 2.24) is 9.78 Å². The lowest BCUT2D eigenvalue weighted by molar-refractivity contribution is -0.274. The Bertz CT molecular complexity index is 1110. The maximum absolute atomic E-state index is 12.5. The number of rotatable bonds is 8. The predicted octanol–water partition coefficient (Wildman–Crippen LogP) is 6.08. The van der Waals surface area contributed by atoms with Crippen LogP contribution < -0.4 is 14.8 Å². The third kappa shape index (κ3) is 7.15. The third-order valence-electron chi connectivity index (χ3n) is 4.49. The van der Waals surface area contributed by atoms with Gasteiger partial charge in [0.1, 0.15) is 11.5 Å². The molecule has 0 aliphatic heterocycles. The minimum Gasteiger partial charge on any atom is -0.493 e. The molecule has 3 rings (SSSR count). The minimum atomic E-state index is -4.79. The van der Waals surface area contributed by atoms with Crippen LogP contribution in [0.5, 0.6) is 11.5 Å². The second-order valence-corrected chi connectivity index (χ2v) is 8.25. The van der Waals surface area contributed by atoms with Gasteiger partial charge in [-0.15, -0.1) is 13.2 Å². The Hall–Kier alpha value is -3.20. The van der Waals surface area contributed by atoms with Crippen LogP contribution >= 0.6 is 11.6 Å². The number of hydrogen-bond donors (Lipinski definition) is 1. The molecule has 6 nitrogen and oxygen atoms in total. The summed E-state index contributed by atoms with van der Waals surface area (Å²) in [6.07, 6.45) is -4.79. The van der Waals surface area contributed by atoms with E-state index in [1.54, 1.807) is 22.9 Å². The van der Waals surface area contributed by atoms with Crippen LogP contribution in [0.2, 0.25) is 5.02 Å². The first-order chi connectivity index (χ1) is 15.5. The van der Waals surface area contributed by atoms with E-state index < -0.39 is 18.0 Å². The zero-order chi connectivity index (χ0) is 24.2. The highest BCUT2D eigenvalue weighted by molar-refractivity contribution is 6.30. The number of aryl methyl sites for hydroxylation is 1. The van der Waals surface area contributed by atoms with E-state index in [1.165, 1.54) is 12.1 Å². The summed E-state index contributed by atoms with van der Waals surface area (Å²) < 4.78 is 48.2. The van der Waals surface area contributed by atoms with Crippen molar-refractivity contribution < 1.29 is 27.4 Å². The second kappa shape index (κ2) is 10.2. The molecule has 2 aromatic carbocycles. The molecule has 176 valence electrons. The van der Waals surface area contributed by atoms with Crippen molar-refractivity contribution >= 4 is 23.3 Å². The Labute approximate surface area is 194 Å². The lowest BCUT2D eigenvalue weighted by Crippen LogP contribution is -2.17. The van der Waals surface area contributed by atoms with Crippen LogP contribution in [0.25, 0.3) is 0 Å². The Balaban J connectivity index is 1.71. The van der Waals surface area contributed by atoms with Gasteiger partial charge in [0, 0.05) is 27.9 Å². The predicted molar refractivity (Wildman–Crippen MR) is 119 cm³/mol. The molecule has 0 saturated carbocycles. The van der Waals surface area contributed by atoms with Crippen LogP contribution in [0.1, 0.15) is 35.5 Å². The number of carbonyl (C=O) groups is 1. The molecule has 0 saturated heterocycles. The summed E-state index contributed by atoms with van der Waals surface area (Å²) in [4.78, 5) is 12.5. The maximum atomic E-state index is 12.5. The van der Waals surface area contributed by atoms with E-state index in [0.29, 0.717) is 35.7 Å². The zero-order valence-electron chi connectivity index (χ0n) is 18.2. The molecule has 1 N–H and O–H groups in total. The fourth-order valence-electron chi connectivity index (χ4n) is 2.96. The van der Waals surface area contributed by atoms with Gasteiger partial charge >= 0.3 is 6.36 Å². The number of hydrogen-bond acceptors (Lipinski definition) is 4. The first-order valence-electron chi connectivity index (χ1n) is 10.1. The molecule has 0 unspecified atom stereocenters. The van der Waals surface area contributed by atoms with Gasteiger partial charge in [-0.3, -0.25) is 9.48 Å². The molecule has 10 heteroatoms. The molecule has 0 bridgehead atoms. The summed E-state index contributed by atoms with van der Waals surface area (Å²) in [5, 5.41) is 7.63. The number of aromatic nitrogens is 2. The van der Waals surface area contributed by atoms with Gasteiger partial charge in [0.05, 0.1) is 13.2 Å². The molecule has 33 heavy (non-hydrogen) atoms. The number of anilines is 1. The molecule has 0 atom stereocenters. The van der Waals surface area contributed by atoms with E-state index in [2.05, 4.69) is 29.0 Å². The topological polar surface area (TPSA) is 65.4 Å². The van der Waals surface area contributed by atoms with E-state index in [1.807, 2.05) is 13.0 Å². The van der Waals surface area contributed by atoms with E-state index >= 15 is 0 Å². The summed E-state index contributed by atoms with van der Waals surface area (Å²) >= 11 is 6.16. The Morgan fingerprint density at radius 3 is 2.48 bits per heavy atom. The van der Waals surface area contributed by atoms with Crippen molar-refractivity contribution in [2.24, 2.45) is 5.92 Å². The minimum absolute atomic E-state index is 0.163. The Kier molecular flexibility index (Phi) is 7.53. The highest BCUT2D eigenvalue weighted by Crippen LogP contribution is 2.26. The van der Waals surface area contributed by atoms with Gasteiger partial charge in [0.15, 0.2) is 5.82 Å². The molecule has 3 aromatic rings. The van der Waals surface area contributed by atoms with Crippen LogP contribution in [-0.2, 0) is 6.54 Å². The van der Waals surface area contributed by atoms with Gasteiger partial charge in [-0.05, 0) is 55.3 Å². The Morgan fingerprint density at radius 2 is 1.85 bits per heavy atom. The number of nitrogens with one attached hydrogen (secondary N) is 1. The van der Waals surface area contributed by atoms with Crippen LogP contribution in [-0.4, -0.2) is 28.7 Å². The molecule has 1 amide bonds. The molecular weight excluding hydrogens is 459 g/mol. The molecule has 0 aliphatic carbocycles. The van der Waals surface area contributed by atoms with Gasteiger partial charge in [0.25, 0.3) is 5.91 Å². The molecule has 0 spiro atoms. The molecule has 0 aliphatic rings. The van der Waals surface area contributed by atoms with Gasteiger partial charge in [-0.2, -0.15) is 5.10 Å². The van der Waals surface area contributed by atoms with Crippen molar-refractivity contribution in [3.8, 4) is 11.5 Å². The standard InChI is InChI=1S/C23H23ClF3N3O3/c1-14(2)13-32-20-9-6-18(24)11-17(20)12-30-15(3)10-21(29-30)28-22(31)16-4-7-19(8-5-16)33-23(25,26)27/h4-11,14H,12-13H2,1-3H3,(H,28,29,31). The monoisotopic (exact) mass is 481 g/mol. The van der Waals surface area contributed by atoms with Gasteiger partial charge in [-0.25, -0.2) is 0 Å². The van der Waals surface area contributed by atoms with Crippen molar-refractivity contribution in [2.75, 3.05) is 11.9 Å². The van der Waals surface area contributed by atoms with Crippen LogP contribution in [0.3, 0.4) is 0 Å². The van der Waals surface area contributed by atoms with Crippen LogP contribution in [0.15, 0.2) is 48.5 Å². The number of amides is 1. The largest absolute Gasteiger partial charge is 0.573 e. The normalized spacial score (nSPS) is 11.5. The smallest absolute Gasteiger partial charge is 0.493 e. The van der Waals surface area contributed by atoms with Crippen molar-refractivity contribution in [3.05, 3.63) is 70.4 Å². The van der Waals surface area contributed by atoms with Crippen LogP contribution in [0, 0.1) is 12.8 Å². The Morgan fingerprint density at radius 1 is 1.15 bits per heavy atom. The fraction of sp³-hybridized carbons (Fsp3) is 0.304. The van der Waals surface area contributed by atoms with Crippen molar-refractivity contribution in [2.45, 2.75) is 33.7 Å². The molecule has 0 fully saturated rings. The third-order valence-corrected chi connectivity index (χ3v) is 4.72. The SMILES string of the molecule is Cc1cc(NC(=O)c2ccc(OC(F)(F)F)cc2)nn1Cc1cc(Cl)ccc1OCC(C)C. The second-order valence-electron chi connectivity index (χ2n) is 7.81. The average Bonchev–Trinajstić information content (AvgIpc) is 3.05. The first kappa shape index (κ1) is 24.4. The molecule has 1 aromatic heterocycles. The van der Waals surface area contributed by atoms with E-state index in [4.69, 9.17) is 16.3 Å². The summed E-state index contributed by atoms with van der Waals surface area (Å²) in [7, 11) is 0. The molecule has 1 heterocycles. The number of nitrogens with zero attached hydrogens (tertiary/aromatic N) is 2. The maximum Gasteiger partial charge on any atom is 0.573 e. The van der Waals surface area contributed by atoms with E-state index in [9.17, 15) is 18.0 Å². The fourth-order valence-corrected chi connectivity index (χ4v) is 3.15. The highest BCUT2D eigenvalue weighted by Gasteiger charge is 2.31. The molecular formula is C23H23ClF3N3O3.